The van der Waals surface area contributed by atoms with Crippen LogP contribution in [0.1, 0.15) is 15.9 Å². The maximum atomic E-state index is 12.4. The first-order valence-electron chi connectivity index (χ1n) is 5.86. The molecule has 0 unspecified atom stereocenters. The molecule has 2 heteroatoms. The maximum absolute atomic E-state index is 12.4. The average molecular weight is 238 g/mol. The first-order chi connectivity index (χ1) is 8.12. The topological polar surface area (TPSA) is 17.1 Å². The predicted molar refractivity (Wildman–Crippen MR) is 73.1 cm³/mol. The van der Waals surface area contributed by atoms with E-state index in [4.69, 9.17) is 0 Å². The van der Waals surface area contributed by atoms with E-state index in [-0.39, 0.29) is 5.78 Å². The Balaban J connectivity index is 2.38. The van der Waals surface area contributed by atoms with E-state index in [1.54, 1.807) is 0 Å². The molecule has 1 nitrogen and oxygen atoms in total. The van der Waals surface area contributed by atoms with Crippen molar-refractivity contribution < 1.29 is 4.79 Å². The molecule has 0 spiro atoms. The Morgan fingerprint density at radius 2 is 1.18 bits per heavy atom. The van der Waals surface area contributed by atoms with Gasteiger partial charge in [0.05, 0.1) is 0 Å². The summed E-state index contributed by atoms with van der Waals surface area (Å²) in [4.78, 5) is 12.4. The van der Waals surface area contributed by atoms with Crippen LogP contribution in [0.5, 0.6) is 0 Å². The summed E-state index contributed by atoms with van der Waals surface area (Å²) in [6, 6.07) is 16.1. The summed E-state index contributed by atoms with van der Waals surface area (Å²) in [6.07, 6.45) is 0. The highest BCUT2D eigenvalue weighted by Crippen LogP contribution is 2.19. The number of ketones is 1. The molecule has 1 heterocycles. The number of carbonyl (C=O) groups is 1. The highest BCUT2D eigenvalue weighted by atomic mass is 28.3. The molecule has 2 aromatic carbocycles. The summed E-state index contributed by atoms with van der Waals surface area (Å²) >= 11 is 0. The van der Waals surface area contributed by atoms with Crippen LogP contribution in [0.2, 0.25) is 13.1 Å². The van der Waals surface area contributed by atoms with Gasteiger partial charge in [-0.05, 0) is 10.4 Å². The van der Waals surface area contributed by atoms with Crippen molar-refractivity contribution in [1.82, 2.24) is 0 Å². The zero-order valence-electron chi connectivity index (χ0n) is 10.0. The summed E-state index contributed by atoms with van der Waals surface area (Å²) in [7, 11) is -1.69. The van der Waals surface area contributed by atoms with Crippen molar-refractivity contribution in [2.75, 3.05) is 0 Å². The Kier molecular flexibility index (Phi) is 2.10. The van der Waals surface area contributed by atoms with Crippen LogP contribution in [0, 0.1) is 0 Å². The SMILES string of the molecule is C[Si]1(C)c2ccccc2C(=O)c2ccccc21. The molecule has 0 atom stereocenters. The Morgan fingerprint density at radius 1 is 0.765 bits per heavy atom. The smallest absolute Gasteiger partial charge is 0.192 e. The van der Waals surface area contributed by atoms with Gasteiger partial charge in [0.1, 0.15) is 8.07 Å². The standard InChI is InChI=1S/C15H14OSi/c1-17(2)13-9-5-3-7-11(13)15(16)12-8-4-6-10-14(12)17/h3-10H,1-2H3. The summed E-state index contributed by atoms with van der Waals surface area (Å²) in [6.45, 7) is 4.63. The van der Waals surface area contributed by atoms with E-state index >= 15 is 0 Å². The van der Waals surface area contributed by atoms with Crippen LogP contribution >= 0.6 is 0 Å². The number of carbonyl (C=O) groups excluding carboxylic acids is 1. The van der Waals surface area contributed by atoms with Crippen molar-refractivity contribution in [2.24, 2.45) is 0 Å². The molecular formula is C15H14OSi. The molecule has 3 rings (SSSR count). The van der Waals surface area contributed by atoms with Crippen LogP contribution < -0.4 is 10.4 Å². The van der Waals surface area contributed by atoms with Crippen molar-refractivity contribution in [2.45, 2.75) is 13.1 Å². The number of fused-ring (bicyclic) bond motifs is 2. The minimum Gasteiger partial charge on any atom is -0.289 e. The zero-order valence-corrected chi connectivity index (χ0v) is 11.0. The van der Waals surface area contributed by atoms with Gasteiger partial charge in [-0.15, -0.1) is 0 Å². The van der Waals surface area contributed by atoms with E-state index in [2.05, 4.69) is 25.2 Å². The van der Waals surface area contributed by atoms with Gasteiger partial charge in [0, 0.05) is 11.1 Å². The normalized spacial score (nSPS) is 16.2. The zero-order chi connectivity index (χ0) is 12.0. The van der Waals surface area contributed by atoms with Crippen LogP contribution in [0.3, 0.4) is 0 Å². The van der Waals surface area contributed by atoms with Crippen molar-refractivity contribution in [3.8, 4) is 0 Å². The molecule has 2 aromatic rings. The van der Waals surface area contributed by atoms with Crippen molar-refractivity contribution >= 4 is 24.2 Å². The fourth-order valence-corrected chi connectivity index (χ4v) is 5.80. The van der Waals surface area contributed by atoms with E-state index in [1.807, 2.05) is 36.4 Å². The third kappa shape index (κ3) is 1.34. The number of hydrogen-bond acceptors (Lipinski definition) is 1. The van der Waals surface area contributed by atoms with Crippen molar-refractivity contribution in [1.29, 1.82) is 0 Å². The molecule has 0 amide bonds. The fourth-order valence-electron chi connectivity index (χ4n) is 2.74. The summed E-state index contributed by atoms with van der Waals surface area (Å²) in [5.41, 5.74) is 1.81. The summed E-state index contributed by atoms with van der Waals surface area (Å²) in [5.74, 6) is 0.183. The van der Waals surface area contributed by atoms with E-state index in [9.17, 15) is 4.79 Å². The molecule has 0 N–H and O–H groups in total. The number of benzene rings is 2. The third-order valence-electron chi connectivity index (χ3n) is 3.69. The minimum atomic E-state index is -1.69. The van der Waals surface area contributed by atoms with Crippen molar-refractivity contribution in [3.05, 3.63) is 59.7 Å². The molecule has 0 aliphatic carbocycles. The van der Waals surface area contributed by atoms with Crippen molar-refractivity contribution in [3.63, 3.8) is 0 Å². The fraction of sp³-hybridized carbons (Fsp3) is 0.133. The van der Waals surface area contributed by atoms with Gasteiger partial charge in [-0.1, -0.05) is 61.6 Å². The molecule has 0 saturated carbocycles. The molecule has 17 heavy (non-hydrogen) atoms. The second-order valence-corrected chi connectivity index (χ2v) is 9.37. The molecular weight excluding hydrogens is 224 g/mol. The average Bonchev–Trinajstić information content (AvgIpc) is 2.37. The quantitative estimate of drug-likeness (QED) is 0.642. The third-order valence-corrected chi connectivity index (χ3v) is 7.26. The Morgan fingerprint density at radius 3 is 1.65 bits per heavy atom. The maximum Gasteiger partial charge on any atom is 0.192 e. The highest BCUT2D eigenvalue weighted by Gasteiger charge is 2.37. The largest absolute Gasteiger partial charge is 0.289 e. The number of hydrogen-bond donors (Lipinski definition) is 0. The van der Waals surface area contributed by atoms with Crippen LogP contribution in [-0.4, -0.2) is 13.9 Å². The Labute approximate surface area is 102 Å². The lowest BCUT2D eigenvalue weighted by molar-refractivity contribution is 0.104. The van der Waals surface area contributed by atoms with Gasteiger partial charge in [0.25, 0.3) is 0 Å². The predicted octanol–water partition coefficient (Wildman–Crippen LogP) is 2.05. The van der Waals surface area contributed by atoms with Gasteiger partial charge in [-0.25, -0.2) is 0 Å². The molecule has 0 saturated heterocycles. The van der Waals surface area contributed by atoms with E-state index in [0.717, 1.165) is 11.1 Å². The molecule has 1 aliphatic rings. The molecule has 0 bridgehead atoms. The first kappa shape index (κ1) is 10.5. The minimum absolute atomic E-state index is 0.183. The van der Waals surface area contributed by atoms with Crippen LogP contribution in [0.25, 0.3) is 0 Å². The molecule has 84 valence electrons. The highest BCUT2D eigenvalue weighted by molar-refractivity contribution is 7.02. The van der Waals surface area contributed by atoms with Gasteiger partial charge < -0.3 is 0 Å². The van der Waals surface area contributed by atoms with Crippen LogP contribution in [0.4, 0.5) is 0 Å². The Bertz CT molecular complexity index is 562. The molecule has 0 aromatic heterocycles. The van der Waals surface area contributed by atoms with Gasteiger partial charge in [0.2, 0.25) is 0 Å². The lowest BCUT2D eigenvalue weighted by Crippen LogP contribution is -2.59. The van der Waals surface area contributed by atoms with Crippen LogP contribution in [-0.2, 0) is 0 Å². The van der Waals surface area contributed by atoms with Gasteiger partial charge in [0.15, 0.2) is 5.78 Å². The van der Waals surface area contributed by atoms with Gasteiger partial charge in [-0.2, -0.15) is 0 Å². The van der Waals surface area contributed by atoms with Gasteiger partial charge >= 0.3 is 0 Å². The molecule has 0 radical (unpaired) electrons. The second-order valence-electron chi connectivity index (χ2n) is 5.05. The Hall–Kier alpha value is -1.67. The number of rotatable bonds is 0. The van der Waals surface area contributed by atoms with Crippen LogP contribution in [0.15, 0.2) is 48.5 Å². The molecule has 1 aliphatic heterocycles. The van der Waals surface area contributed by atoms with E-state index in [0.29, 0.717) is 0 Å². The lowest BCUT2D eigenvalue weighted by atomic mass is 10.0. The van der Waals surface area contributed by atoms with Gasteiger partial charge in [-0.3, -0.25) is 4.79 Å². The second kappa shape index (κ2) is 3.41. The summed E-state index contributed by atoms with van der Waals surface area (Å²) < 4.78 is 0. The monoisotopic (exact) mass is 238 g/mol. The lowest BCUT2D eigenvalue weighted by Gasteiger charge is -2.32. The van der Waals surface area contributed by atoms with E-state index < -0.39 is 8.07 Å². The van der Waals surface area contributed by atoms with E-state index in [1.165, 1.54) is 10.4 Å². The summed E-state index contributed by atoms with van der Waals surface area (Å²) in [5, 5.41) is 2.53. The molecule has 0 fully saturated rings. The first-order valence-corrected chi connectivity index (χ1v) is 8.86.